The Hall–Kier alpha value is -4.20. The number of fused-ring (bicyclic) bond motifs is 1. The lowest BCUT2D eigenvalue weighted by molar-refractivity contribution is -0.117. The zero-order chi connectivity index (χ0) is 23.9. The Kier molecular flexibility index (Phi) is 5.21. The highest BCUT2D eigenvalue weighted by Gasteiger charge is 2.30. The number of benzene rings is 2. The SMILES string of the molecule is COc1cc(NC(=O)c2cc(C3CC3)nc3onc(-c4ccccc4)c23)ccc1N1CCCC1=O. The fourth-order valence-corrected chi connectivity index (χ4v) is 4.61. The van der Waals surface area contributed by atoms with Crippen LogP contribution < -0.4 is 15.0 Å². The predicted molar refractivity (Wildman–Crippen MR) is 132 cm³/mol. The van der Waals surface area contributed by atoms with Gasteiger partial charge in [-0.25, -0.2) is 4.98 Å². The molecule has 35 heavy (non-hydrogen) atoms. The second-order valence-electron chi connectivity index (χ2n) is 8.94. The van der Waals surface area contributed by atoms with Crippen LogP contribution in [-0.2, 0) is 4.79 Å². The number of ether oxygens (including phenoxy) is 1. The maximum absolute atomic E-state index is 13.6. The smallest absolute Gasteiger partial charge is 0.259 e. The van der Waals surface area contributed by atoms with Crippen LogP contribution in [0.25, 0.3) is 22.4 Å². The normalized spacial score (nSPS) is 15.6. The van der Waals surface area contributed by atoms with E-state index in [1.807, 2.05) is 42.5 Å². The molecule has 2 fully saturated rings. The van der Waals surface area contributed by atoms with Gasteiger partial charge in [0.1, 0.15) is 11.4 Å². The molecule has 2 amide bonds. The number of nitrogens with zero attached hydrogens (tertiary/aromatic N) is 3. The van der Waals surface area contributed by atoms with Crippen molar-refractivity contribution in [1.82, 2.24) is 10.1 Å². The highest BCUT2D eigenvalue weighted by atomic mass is 16.5. The van der Waals surface area contributed by atoms with Crippen LogP contribution in [0.3, 0.4) is 0 Å². The molecule has 0 bridgehead atoms. The minimum atomic E-state index is -0.285. The van der Waals surface area contributed by atoms with Crippen molar-refractivity contribution in [2.24, 2.45) is 0 Å². The molecule has 1 saturated heterocycles. The van der Waals surface area contributed by atoms with Crippen LogP contribution in [0.2, 0.25) is 0 Å². The first kappa shape index (κ1) is 21.3. The van der Waals surface area contributed by atoms with Crippen molar-refractivity contribution >= 4 is 34.3 Å². The highest BCUT2D eigenvalue weighted by Crippen LogP contribution is 2.41. The third-order valence-electron chi connectivity index (χ3n) is 6.56. The molecule has 1 saturated carbocycles. The van der Waals surface area contributed by atoms with Crippen LogP contribution in [0.5, 0.6) is 5.75 Å². The van der Waals surface area contributed by atoms with Gasteiger partial charge in [-0.05, 0) is 37.5 Å². The first-order chi connectivity index (χ1) is 17.1. The minimum Gasteiger partial charge on any atom is -0.494 e. The Labute approximate surface area is 201 Å². The number of methoxy groups -OCH3 is 1. The maximum atomic E-state index is 13.6. The second kappa shape index (κ2) is 8.54. The van der Waals surface area contributed by atoms with Crippen LogP contribution in [0.15, 0.2) is 59.1 Å². The van der Waals surface area contributed by atoms with Gasteiger partial charge in [0.15, 0.2) is 0 Å². The summed E-state index contributed by atoms with van der Waals surface area (Å²) < 4.78 is 11.1. The third kappa shape index (κ3) is 3.90. The van der Waals surface area contributed by atoms with Gasteiger partial charge in [-0.3, -0.25) is 9.59 Å². The van der Waals surface area contributed by atoms with Crippen molar-refractivity contribution < 1.29 is 18.8 Å². The number of nitrogens with one attached hydrogen (secondary N) is 1. The van der Waals surface area contributed by atoms with Crippen molar-refractivity contribution in [2.45, 2.75) is 31.6 Å². The number of anilines is 2. The first-order valence-corrected chi connectivity index (χ1v) is 11.8. The number of hydrogen-bond donors (Lipinski definition) is 1. The first-order valence-electron chi connectivity index (χ1n) is 11.8. The molecule has 8 nitrogen and oxygen atoms in total. The summed E-state index contributed by atoms with van der Waals surface area (Å²) >= 11 is 0. The zero-order valence-electron chi connectivity index (χ0n) is 19.3. The summed E-state index contributed by atoms with van der Waals surface area (Å²) in [4.78, 5) is 32.2. The fourth-order valence-electron chi connectivity index (χ4n) is 4.61. The molecule has 1 aliphatic heterocycles. The van der Waals surface area contributed by atoms with Crippen LogP contribution >= 0.6 is 0 Å². The second-order valence-corrected chi connectivity index (χ2v) is 8.94. The summed E-state index contributed by atoms with van der Waals surface area (Å²) in [5, 5.41) is 7.83. The van der Waals surface area contributed by atoms with Crippen LogP contribution in [-0.4, -0.2) is 35.6 Å². The Bertz CT molecular complexity index is 1440. The van der Waals surface area contributed by atoms with Gasteiger partial charge in [0, 0.05) is 41.9 Å². The van der Waals surface area contributed by atoms with Gasteiger partial charge in [0.25, 0.3) is 11.6 Å². The van der Waals surface area contributed by atoms with Gasteiger partial charge in [0.2, 0.25) is 5.91 Å². The number of aromatic nitrogens is 2. The van der Waals surface area contributed by atoms with Crippen molar-refractivity contribution in [1.29, 1.82) is 0 Å². The maximum Gasteiger partial charge on any atom is 0.259 e. The van der Waals surface area contributed by atoms with Crippen LogP contribution in [0.1, 0.15) is 47.7 Å². The van der Waals surface area contributed by atoms with E-state index >= 15 is 0 Å². The highest BCUT2D eigenvalue weighted by molar-refractivity contribution is 6.15. The van der Waals surface area contributed by atoms with E-state index in [2.05, 4.69) is 15.5 Å². The van der Waals surface area contributed by atoms with Gasteiger partial charge >= 0.3 is 0 Å². The molecule has 176 valence electrons. The zero-order valence-corrected chi connectivity index (χ0v) is 19.3. The van der Waals surface area contributed by atoms with E-state index in [1.54, 1.807) is 24.1 Å². The van der Waals surface area contributed by atoms with Crippen molar-refractivity contribution in [3.05, 3.63) is 65.9 Å². The third-order valence-corrected chi connectivity index (χ3v) is 6.56. The molecule has 6 rings (SSSR count). The minimum absolute atomic E-state index is 0.0766. The van der Waals surface area contributed by atoms with E-state index in [0.717, 1.165) is 30.5 Å². The lowest BCUT2D eigenvalue weighted by Gasteiger charge is -2.19. The van der Waals surface area contributed by atoms with Crippen LogP contribution in [0.4, 0.5) is 11.4 Å². The molecular formula is C27H24N4O4. The van der Waals surface area contributed by atoms with E-state index in [-0.39, 0.29) is 11.8 Å². The molecular weight excluding hydrogens is 444 g/mol. The van der Waals surface area contributed by atoms with Gasteiger partial charge < -0.3 is 19.5 Å². The Morgan fingerprint density at radius 3 is 2.69 bits per heavy atom. The molecule has 0 spiro atoms. The van der Waals surface area contributed by atoms with E-state index in [4.69, 9.17) is 9.26 Å². The Morgan fingerprint density at radius 2 is 1.97 bits per heavy atom. The van der Waals surface area contributed by atoms with E-state index in [0.29, 0.717) is 58.4 Å². The van der Waals surface area contributed by atoms with Crippen molar-refractivity contribution in [3.63, 3.8) is 0 Å². The van der Waals surface area contributed by atoms with Gasteiger partial charge in [-0.2, -0.15) is 0 Å². The largest absolute Gasteiger partial charge is 0.494 e. The topological polar surface area (TPSA) is 97.6 Å². The van der Waals surface area contributed by atoms with Crippen LogP contribution in [0, 0.1) is 0 Å². The van der Waals surface area contributed by atoms with Crippen molar-refractivity contribution in [3.8, 4) is 17.0 Å². The number of pyridine rings is 1. The number of carbonyl (C=O) groups excluding carboxylic acids is 2. The summed E-state index contributed by atoms with van der Waals surface area (Å²) in [7, 11) is 1.56. The summed E-state index contributed by atoms with van der Waals surface area (Å²) in [6.45, 7) is 0.662. The Morgan fingerprint density at radius 1 is 1.14 bits per heavy atom. The lowest BCUT2D eigenvalue weighted by Crippen LogP contribution is -2.24. The number of carbonyl (C=O) groups is 2. The molecule has 1 aliphatic carbocycles. The summed E-state index contributed by atoms with van der Waals surface area (Å²) in [5.74, 6) is 0.666. The summed E-state index contributed by atoms with van der Waals surface area (Å²) in [5.41, 5.74) is 4.38. The van der Waals surface area contributed by atoms with Crippen molar-refractivity contribution in [2.75, 3.05) is 23.9 Å². The van der Waals surface area contributed by atoms with Gasteiger partial charge in [0.05, 0.1) is 23.7 Å². The molecule has 2 aromatic carbocycles. The number of rotatable bonds is 6. The molecule has 8 heteroatoms. The molecule has 3 heterocycles. The molecule has 2 aliphatic rings. The number of amides is 2. The standard InChI is InChI=1S/C27H24N4O4/c1-34-22-14-18(11-12-21(22)31-13-5-8-23(31)32)28-26(33)19-15-20(16-9-10-16)29-27-24(19)25(30-35-27)17-6-3-2-4-7-17/h2-4,6-7,11-12,14-16H,5,8-10,13H2,1H3,(H,28,33). The lowest BCUT2D eigenvalue weighted by atomic mass is 10.0. The summed E-state index contributed by atoms with van der Waals surface area (Å²) in [6, 6.07) is 16.8. The van der Waals surface area contributed by atoms with Gasteiger partial charge in [-0.1, -0.05) is 35.5 Å². The average Bonchev–Trinajstić information content (AvgIpc) is 3.52. The molecule has 0 unspecified atom stereocenters. The monoisotopic (exact) mass is 468 g/mol. The fraction of sp³-hybridized carbons (Fsp3) is 0.259. The van der Waals surface area contributed by atoms with E-state index in [1.165, 1.54) is 0 Å². The molecule has 1 N–H and O–H groups in total. The number of hydrogen-bond acceptors (Lipinski definition) is 6. The Balaban J connectivity index is 1.38. The average molecular weight is 469 g/mol. The van der Waals surface area contributed by atoms with E-state index in [9.17, 15) is 9.59 Å². The molecule has 0 radical (unpaired) electrons. The molecule has 0 atom stereocenters. The van der Waals surface area contributed by atoms with E-state index < -0.39 is 0 Å². The quantitative estimate of drug-likeness (QED) is 0.420. The molecule has 4 aromatic rings. The summed E-state index contributed by atoms with van der Waals surface area (Å²) in [6.07, 6.45) is 3.45. The van der Waals surface area contributed by atoms with Gasteiger partial charge in [-0.15, -0.1) is 0 Å². The molecule has 2 aromatic heterocycles. The predicted octanol–water partition coefficient (Wildman–Crippen LogP) is 5.15.